The van der Waals surface area contributed by atoms with Gasteiger partial charge in [-0.3, -0.25) is 10.2 Å². The Balaban J connectivity index is 1.95. The van der Waals surface area contributed by atoms with Gasteiger partial charge in [0.05, 0.1) is 20.4 Å². The molecule has 7 heteroatoms. The first kappa shape index (κ1) is 16.6. The Morgan fingerprint density at radius 3 is 2.52 bits per heavy atom. The molecule has 0 unspecified atom stereocenters. The second-order valence-electron chi connectivity index (χ2n) is 4.35. The quantitative estimate of drug-likeness (QED) is 0.511. The fourth-order valence-corrected chi connectivity index (χ4v) is 1.86. The molecule has 0 aliphatic carbocycles. The van der Waals surface area contributed by atoms with E-state index in [0.717, 1.165) is 0 Å². The Morgan fingerprint density at radius 1 is 1.13 bits per heavy atom. The van der Waals surface area contributed by atoms with Crippen LogP contribution in [0.5, 0.6) is 11.5 Å². The third-order valence-corrected chi connectivity index (χ3v) is 3.11. The van der Waals surface area contributed by atoms with Crippen LogP contribution in [0, 0.1) is 0 Å². The Bertz CT molecular complexity index is 702. The molecule has 0 aromatic heterocycles. The van der Waals surface area contributed by atoms with Crippen LogP contribution in [-0.4, -0.2) is 26.5 Å². The largest absolute Gasteiger partial charge is 0.497 e. The molecule has 6 nitrogen and oxygen atoms in total. The lowest BCUT2D eigenvalue weighted by Gasteiger charge is -2.06. The highest BCUT2D eigenvalue weighted by Gasteiger charge is 2.05. The number of rotatable bonds is 5. The molecular formula is C16H15ClN2O4. The predicted octanol–water partition coefficient (Wildman–Crippen LogP) is 3.94. The number of ether oxygens (including phenoxy) is 2. The number of methoxy groups -OCH3 is 2. The van der Waals surface area contributed by atoms with Crippen molar-refractivity contribution >= 4 is 29.6 Å². The van der Waals surface area contributed by atoms with Crippen LogP contribution >= 0.6 is 11.6 Å². The minimum Gasteiger partial charge on any atom is -0.497 e. The SMILES string of the molecule is COc1ccc(/C=N/OC(=O)Nc2ccc(Cl)cc2)c(OC)c1. The molecule has 2 aromatic carbocycles. The molecule has 2 rings (SSSR count). The molecule has 2 aromatic rings. The van der Waals surface area contributed by atoms with E-state index in [1.165, 1.54) is 13.3 Å². The second kappa shape index (κ2) is 8.05. The average molecular weight is 335 g/mol. The van der Waals surface area contributed by atoms with E-state index >= 15 is 0 Å². The fourth-order valence-electron chi connectivity index (χ4n) is 1.73. The number of nitrogens with zero attached hydrogens (tertiary/aromatic N) is 1. The zero-order chi connectivity index (χ0) is 16.7. The van der Waals surface area contributed by atoms with Crippen molar-refractivity contribution < 1.29 is 19.1 Å². The first-order valence-electron chi connectivity index (χ1n) is 6.61. The van der Waals surface area contributed by atoms with Crippen molar-refractivity contribution in [3.8, 4) is 11.5 Å². The molecule has 0 bridgehead atoms. The van der Waals surface area contributed by atoms with Gasteiger partial charge >= 0.3 is 6.09 Å². The minimum atomic E-state index is -0.712. The number of anilines is 1. The summed E-state index contributed by atoms with van der Waals surface area (Å²) in [6.45, 7) is 0. The summed E-state index contributed by atoms with van der Waals surface area (Å²) in [6, 6.07) is 11.8. The lowest BCUT2D eigenvalue weighted by Crippen LogP contribution is -2.10. The zero-order valence-electron chi connectivity index (χ0n) is 12.6. The smallest absolute Gasteiger partial charge is 0.437 e. The molecule has 1 amide bonds. The van der Waals surface area contributed by atoms with Gasteiger partial charge in [-0.15, -0.1) is 0 Å². The summed E-state index contributed by atoms with van der Waals surface area (Å²) in [7, 11) is 3.09. The van der Waals surface area contributed by atoms with E-state index < -0.39 is 6.09 Å². The molecule has 0 radical (unpaired) electrons. The highest BCUT2D eigenvalue weighted by atomic mass is 35.5. The van der Waals surface area contributed by atoms with E-state index in [0.29, 0.717) is 27.8 Å². The van der Waals surface area contributed by atoms with Crippen LogP contribution in [0.15, 0.2) is 47.6 Å². The number of carbonyl (C=O) groups is 1. The monoisotopic (exact) mass is 334 g/mol. The van der Waals surface area contributed by atoms with E-state index in [9.17, 15) is 4.79 Å². The Morgan fingerprint density at radius 2 is 1.87 bits per heavy atom. The summed E-state index contributed by atoms with van der Waals surface area (Å²) in [4.78, 5) is 16.3. The molecule has 0 aliphatic rings. The van der Waals surface area contributed by atoms with Gasteiger partial charge in [-0.25, -0.2) is 4.79 Å². The summed E-state index contributed by atoms with van der Waals surface area (Å²) < 4.78 is 10.3. The van der Waals surface area contributed by atoms with Crippen LogP contribution in [-0.2, 0) is 4.84 Å². The van der Waals surface area contributed by atoms with Crippen molar-refractivity contribution in [2.75, 3.05) is 19.5 Å². The van der Waals surface area contributed by atoms with Gasteiger partial charge in [0.25, 0.3) is 0 Å². The molecule has 23 heavy (non-hydrogen) atoms. The molecule has 1 N–H and O–H groups in total. The summed E-state index contributed by atoms with van der Waals surface area (Å²) in [6.07, 6.45) is 0.663. The zero-order valence-corrected chi connectivity index (χ0v) is 13.3. The Labute approximate surface area is 138 Å². The third-order valence-electron chi connectivity index (χ3n) is 2.86. The van der Waals surface area contributed by atoms with Crippen LogP contribution in [0.2, 0.25) is 5.02 Å². The van der Waals surface area contributed by atoms with Crippen molar-refractivity contribution in [1.29, 1.82) is 0 Å². The standard InChI is InChI=1S/C16H15ClN2O4/c1-21-14-8-3-11(15(9-14)22-2)10-18-23-16(20)19-13-6-4-12(17)5-7-13/h3-10H,1-2H3,(H,19,20)/b18-10+. The van der Waals surface area contributed by atoms with Crippen molar-refractivity contribution in [3.05, 3.63) is 53.1 Å². The van der Waals surface area contributed by atoms with Gasteiger partial charge in [0, 0.05) is 22.3 Å². The number of hydrogen-bond donors (Lipinski definition) is 1. The highest BCUT2D eigenvalue weighted by Crippen LogP contribution is 2.23. The summed E-state index contributed by atoms with van der Waals surface area (Å²) >= 11 is 5.76. The van der Waals surface area contributed by atoms with Crippen LogP contribution in [0.4, 0.5) is 10.5 Å². The van der Waals surface area contributed by atoms with Crippen LogP contribution in [0.1, 0.15) is 5.56 Å². The van der Waals surface area contributed by atoms with Crippen molar-refractivity contribution in [1.82, 2.24) is 0 Å². The van der Waals surface area contributed by atoms with Crippen molar-refractivity contribution in [3.63, 3.8) is 0 Å². The van der Waals surface area contributed by atoms with E-state index in [-0.39, 0.29) is 0 Å². The summed E-state index contributed by atoms with van der Waals surface area (Å²) in [5, 5.41) is 6.73. The number of amides is 1. The summed E-state index contributed by atoms with van der Waals surface area (Å²) in [5.74, 6) is 1.20. The van der Waals surface area contributed by atoms with Gasteiger partial charge in [-0.2, -0.15) is 0 Å². The van der Waals surface area contributed by atoms with E-state index in [2.05, 4.69) is 10.5 Å². The minimum absolute atomic E-state index is 0.551. The lowest BCUT2D eigenvalue weighted by molar-refractivity contribution is 0.167. The van der Waals surface area contributed by atoms with Crippen LogP contribution in [0.3, 0.4) is 0 Å². The maximum atomic E-state index is 11.6. The van der Waals surface area contributed by atoms with Crippen molar-refractivity contribution in [2.45, 2.75) is 0 Å². The molecule has 0 spiro atoms. The van der Waals surface area contributed by atoms with Gasteiger partial charge in [0.15, 0.2) is 0 Å². The highest BCUT2D eigenvalue weighted by molar-refractivity contribution is 6.30. The molecule has 0 atom stereocenters. The number of oxime groups is 1. The predicted molar refractivity (Wildman–Crippen MR) is 88.7 cm³/mol. The molecular weight excluding hydrogens is 320 g/mol. The number of nitrogens with one attached hydrogen (secondary N) is 1. The molecule has 0 saturated carbocycles. The number of carbonyl (C=O) groups excluding carboxylic acids is 1. The average Bonchev–Trinajstić information content (AvgIpc) is 2.57. The van der Waals surface area contributed by atoms with Crippen molar-refractivity contribution in [2.24, 2.45) is 5.16 Å². The molecule has 0 aliphatic heterocycles. The van der Waals surface area contributed by atoms with E-state index in [1.54, 1.807) is 49.6 Å². The second-order valence-corrected chi connectivity index (χ2v) is 4.79. The number of benzene rings is 2. The van der Waals surface area contributed by atoms with Gasteiger partial charge in [0.2, 0.25) is 0 Å². The van der Waals surface area contributed by atoms with Gasteiger partial charge in [-0.05, 0) is 36.4 Å². The topological polar surface area (TPSA) is 69.2 Å². The van der Waals surface area contributed by atoms with Crippen LogP contribution < -0.4 is 14.8 Å². The third kappa shape index (κ3) is 4.89. The Kier molecular flexibility index (Phi) is 5.82. The van der Waals surface area contributed by atoms with E-state index in [4.69, 9.17) is 25.9 Å². The maximum Gasteiger partial charge on any atom is 0.437 e. The van der Waals surface area contributed by atoms with Gasteiger partial charge in [-0.1, -0.05) is 16.8 Å². The normalized spacial score (nSPS) is 10.4. The van der Waals surface area contributed by atoms with Crippen LogP contribution in [0.25, 0.3) is 0 Å². The maximum absolute atomic E-state index is 11.6. The summed E-state index contributed by atoms with van der Waals surface area (Å²) in [5.41, 5.74) is 1.20. The number of hydrogen-bond acceptors (Lipinski definition) is 5. The van der Waals surface area contributed by atoms with E-state index in [1.807, 2.05) is 0 Å². The van der Waals surface area contributed by atoms with Gasteiger partial charge < -0.3 is 9.47 Å². The van der Waals surface area contributed by atoms with Gasteiger partial charge in [0.1, 0.15) is 11.5 Å². The first-order chi connectivity index (χ1) is 11.1. The lowest BCUT2D eigenvalue weighted by atomic mass is 10.2. The molecule has 120 valence electrons. The Hall–Kier alpha value is -2.73. The molecule has 0 saturated heterocycles. The number of halogens is 1. The molecule has 0 heterocycles. The fraction of sp³-hybridized carbons (Fsp3) is 0.125. The first-order valence-corrected chi connectivity index (χ1v) is 6.99. The molecule has 0 fully saturated rings.